The Morgan fingerprint density at radius 2 is 1.82 bits per heavy atom. The number of pyridine rings is 1. The highest BCUT2D eigenvalue weighted by molar-refractivity contribution is 5.16. The Morgan fingerprint density at radius 1 is 1.24 bits per heavy atom. The Balaban J connectivity index is 1.95. The predicted octanol–water partition coefficient (Wildman–Crippen LogP) is 3.45. The summed E-state index contributed by atoms with van der Waals surface area (Å²) < 4.78 is 0. The van der Waals surface area contributed by atoms with Gasteiger partial charge in [0.2, 0.25) is 0 Å². The van der Waals surface area contributed by atoms with E-state index in [2.05, 4.69) is 42.8 Å². The molecule has 0 radical (unpaired) electrons. The minimum atomic E-state index is 0.364. The number of aromatic nitrogens is 1. The second-order valence-corrected chi connectivity index (χ2v) is 5.71. The third-order valence-electron chi connectivity index (χ3n) is 4.39. The molecule has 2 heteroatoms. The molecule has 1 aliphatic heterocycles. The van der Waals surface area contributed by atoms with Crippen LogP contribution in [0.4, 0.5) is 0 Å². The van der Waals surface area contributed by atoms with Gasteiger partial charge in [0.05, 0.1) is 0 Å². The van der Waals surface area contributed by atoms with Gasteiger partial charge in [-0.05, 0) is 69.8 Å². The molecule has 2 rings (SSSR count). The molecule has 0 saturated carbocycles. The van der Waals surface area contributed by atoms with E-state index in [1.165, 1.54) is 37.9 Å². The summed E-state index contributed by atoms with van der Waals surface area (Å²) in [7, 11) is 0. The lowest BCUT2D eigenvalue weighted by Crippen LogP contribution is -2.47. The zero-order chi connectivity index (χ0) is 12.3. The summed E-state index contributed by atoms with van der Waals surface area (Å²) in [6.07, 6.45) is 7.63. The third kappa shape index (κ3) is 2.86. The molecule has 17 heavy (non-hydrogen) atoms. The maximum absolute atomic E-state index is 4.10. The SMILES string of the molecule is CCC(C)(C)N1CCC(c2ccncc2)CC1. The molecular formula is C15H24N2. The molecular weight excluding hydrogens is 208 g/mol. The van der Waals surface area contributed by atoms with E-state index in [-0.39, 0.29) is 0 Å². The van der Waals surface area contributed by atoms with E-state index in [1.54, 1.807) is 0 Å². The molecule has 1 saturated heterocycles. The van der Waals surface area contributed by atoms with Crippen LogP contribution in [0.2, 0.25) is 0 Å². The number of likely N-dealkylation sites (tertiary alicyclic amines) is 1. The average molecular weight is 232 g/mol. The lowest BCUT2D eigenvalue weighted by molar-refractivity contribution is 0.0847. The van der Waals surface area contributed by atoms with E-state index in [4.69, 9.17) is 0 Å². The van der Waals surface area contributed by atoms with Gasteiger partial charge in [-0.1, -0.05) is 6.92 Å². The first-order chi connectivity index (χ1) is 8.13. The molecule has 0 unspecified atom stereocenters. The Hall–Kier alpha value is -0.890. The summed E-state index contributed by atoms with van der Waals surface area (Å²) in [5.41, 5.74) is 1.83. The monoisotopic (exact) mass is 232 g/mol. The maximum Gasteiger partial charge on any atom is 0.0270 e. The van der Waals surface area contributed by atoms with Crippen LogP contribution < -0.4 is 0 Å². The molecule has 2 nitrogen and oxygen atoms in total. The van der Waals surface area contributed by atoms with Gasteiger partial charge in [-0.2, -0.15) is 0 Å². The van der Waals surface area contributed by atoms with Gasteiger partial charge in [0.15, 0.2) is 0 Å². The van der Waals surface area contributed by atoms with Gasteiger partial charge in [0.1, 0.15) is 0 Å². The summed E-state index contributed by atoms with van der Waals surface area (Å²) in [4.78, 5) is 6.74. The van der Waals surface area contributed by atoms with Crippen LogP contribution in [-0.2, 0) is 0 Å². The van der Waals surface area contributed by atoms with Gasteiger partial charge >= 0.3 is 0 Å². The second-order valence-electron chi connectivity index (χ2n) is 5.71. The standard InChI is InChI=1S/C15H24N2/c1-4-15(2,3)17-11-7-14(8-12-17)13-5-9-16-10-6-13/h5-6,9-10,14H,4,7-8,11-12H2,1-3H3. The maximum atomic E-state index is 4.10. The first-order valence-electron chi connectivity index (χ1n) is 6.78. The minimum absolute atomic E-state index is 0.364. The van der Waals surface area contributed by atoms with Crippen molar-refractivity contribution < 1.29 is 0 Å². The Labute approximate surface area is 105 Å². The van der Waals surface area contributed by atoms with Crippen LogP contribution in [0.15, 0.2) is 24.5 Å². The Kier molecular flexibility index (Phi) is 3.82. The molecule has 0 amide bonds. The number of rotatable bonds is 3. The topological polar surface area (TPSA) is 16.1 Å². The van der Waals surface area contributed by atoms with Crippen molar-refractivity contribution in [1.29, 1.82) is 0 Å². The fraction of sp³-hybridized carbons (Fsp3) is 0.667. The number of hydrogen-bond donors (Lipinski definition) is 0. The Bertz CT molecular complexity index is 337. The van der Waals surface area contributed by atoms with Crippen LogP contribution in [0.3, 0.4) is 0 Å². The van der Waals surface area contributed by atoms with Gasteiger partial charge < -0.3 is 0 Å². The van der Waals surface area contributed by atoms with Crippen molar-refractivity contribution in [2.75, 3.05) is 13.1 Å². The second kappa shape index (κ2) is 5.18. The number of nitrogens with zero attached hydrogens (tertiary/aromatic N) is 2. The van der Waals surface area contributed by atoms with Crippen molar-refractivity contribution in [3.8, 4) is 0 Å². The van der Waals surface area contributed by atoms with Crippen molar-refractivity contribution in [1.82, 2.24) is 9.88 Å². The van der Waals surface area contributed by atoms with Gasteiger partial charge in [-0.25, -0.2) is 0 Å². The van der Waals surface area contributed by atoms with E-state index in [9.17, 15) is 0 Å². The smallest absolute Gasteiger partial charge is 0.0270 e. The van der Waals surface area contributed by atoms with Crippen molar-refractivity contribution in [3.63, 3.8) is 0 Å². The van der Waals surface area contributed by atoms with Crippen molar-refractivity contribution in [3.05, 3.63) is 30.1 Å². The lowest BCUT2D eigenvalue weighted by atomic mass is 9.87. The van der Waals surface area contributed by atoms with E-state index < -0.39 is 0 Å². The van der Waals surface area contributed by atoms with Crippen LogP contribution in [0.25, 0.3) is 0 Å². The zero-order valence-electron chi connectivity index (χ0n) is 11.3. The molecule has 0 aliphatic carbocycles. The zero-order valence-corrected chi connectivity index (χ0v) is 11.3. The van der Waals surface area contributed by atoms with Crippen LogP contribution in [0, 0.1) is 0 Å². The van der Waals surface area contributed by atoms with E-state index in [0.717, 1.165) is 5.92 Å². The van der Waals surface area contributed by atoms with Gasteiger partial charge in [0.25, 0.3) is 0 Å². The largest absolute Gasteiger partial charge is 0.298 e. The molecule has 94 valence electrons. The van der Waals surface area contributed by atoms with Crippen LogP contribution in [-0.4, -0.2) is 28.5 Å². The van der Waals surface area contributed by atoms with E-state index >= 15 is 0 Å². The van der Waals surface area contributed by atoms with E-state index in [1.807, 2.05) is 12.4 Å². The molecule has 1 aliphatic rings. The molecule has 0 atom stereocenters. The van der Waals surface area contributed by atoms with Gasteiger partial charge in [-0.3, -0.25) is 9.88 Å². The fourth-order valence-corrected chi connectivity index (χ4v) is 2.68. The van der Waals surface area contributed by atoms with Gasteiger partial charge in [0, 0.05) is 17.9 Å². The molecule has 2 heterocycles. The first kappa shape index (κ1) is 12.6. The van der Waals surface area contributed by atoms with Crippen LogP contribution in [0.5, 0.6) is 0 Å². The summed E-state index contributed by atoms with van der Waals surface area (Å²) in [5, 5.41) is 0. The highest BCUT2D eigenvalue weighted by Gasteiger charge is 2.29. The molecule has 0 bridgehead atoms. The van der Waals surface area contributed by atoms with Crippen molar-refractivity contribution in [2.45, 2.75) is 51.5 Å². The molecule has 0 aromatic carbocycles. The highest BCUT2D eigenvalue weighted by atomic mass is 15.2. The average Bonchev–Trinajstić information content (AvgIpc) is 2.40. The lowest BCUT2D eigenvalue weighted by Gasteiger charge is -2.42. The quantitative estimate of drug-likeness (QED) is 0.793. The fourth-order valence-electron chi connectivity index (χ4n) is 2.68. The predicted molar refractivity (Wildman–Crippen MR) is 72.2 cm³/mol. The first-order valence-corrected chi connectivity index (χ1v) is 6.78. The van der Waals surface area contributed by atoms with Crippen LogP contribution in [0.1, 0.15) is 51.5 Å². The summed E-state index contributed by atoms with van der Waals surface area (Å²) in [6.45, 7) is 9.47. The van der Waals surface area contributed by atoms with Crippen molar-refractivity contribution in [2.24, 2.45) is 0 Å². The van der Waals surface area contributed by atoms with Crippen LogP contribution >= 0.6 is 0 Å². The van der Waals surface area contributed by atoms with Crippen molar-refractivity contribution >= 4 is 0 Å². The Morgan fingerprint density at radius 3 is 2.35 bits per heavy atom. The number of piperidine rings is 1. The van der Waals surface area contributed by atoms with Gasteiger partial charge in [-0.15, -0.1) is 0 Å². The molecule has 1 aromatic rings. The molecule has 0 N–H and O–H groups in total. The third-order valence-corrected chi connectivity index (χ3v) is 4.39. The summed E-state index contributed by atoms with van der Waals surface area (Å²) in [5.74, 6) is 0.738. The molecule has 0 spiro atoms. The summed E-state index contributed by atoms with van der Waals surface area (Å²) in [6, 6.07) is 4.34. The highest BCUT2D eigenvalue weighted by Crippen LogP contribution is 2.31. The minimum Gasteiger partial charge on any atom is -0.298 e. The number of hydrogen-bond acceptors (Lipinski definition) is 2. The van der Waals surface area contributed by atoms with E-state index in [0.29, 0.717) is 5.54 Å². The molecule has 1 aromatic heterocycles. The molecule has 1 fully saturated rings. The summed E-state index contributed by atoms with van der Waals surface area (Å²) >= 11 is 0. The normalized spacial score (nSPS) is 19.5.